The summed E-state index contributed by atoms with van der Waals surface area (Å²) < 4.78 is 43.9. The Morgan fingerprint density at radius 1 is 1.29 bits per heavy atom. The fourth-order valence-corrected chi connectivity index (χ4v) is 5.02. The maximum atomic E-state index is 13.0. The number of aromatic nitrogens is 2. The fraction of sp³-hybridized carbons (Fsp3) is 0.476. The van der Waals surface area contributed by atoms with Crippen LogP contribution < -0.4 is 16.0 Å². The molecular formula is C21H24ClF3N6O3. The maximum Gasteiger partial charge on any atom is 0.491 e. The highest BCUT2D eigenvalue weighted by molar-refractivity contribution is 6.02. The molecule has 5 rings (SSSR count). The number of alkyl halides is 3. The number of nitrogens with one attached hydrogen (secondary N) is 4. The number of nitrogens with zero attached hydrogens (tertiary/aromatic N) is 2. The third kappa shape index (κ3) is 4.44. The van der Waals surface area contributed by atoms with E-state index in [9.17, 15) is 22.8 Å². The van der Waals surface area contributed by atoms with Crippen LogP contribution in [0.25, 0.3) is 17.1 Å². The summed E-state index contributed by atoms with van der Waals surface area (Å²) in [4.78, 5) is 33.9. The van der Waals surface area contributed by atoms with E-state index in [-0.39, 0.29) is 36.2 Å². The highest BCUT2D eigenvalue weighted by atomic mass is 35.5. The van der Waals surface area contributed by atoms with Crippen molar-refractivity contribution in [3.05, 3.63) is 35.8 Å². The lowest BCUT2D eigenvalue weighted by Gasteiger charge is -2.40. The van der Waals surface area contributed by atoms with Crippen molar-refractivity contribution in [1.29, 1.82) is 0 Å². The second-order valence-corrected chi connectivity index (χ2v) is 8.71. The smallest absolute Gasteiger partial charge is 0.399 e. The lowest BCUT2D eigenvalue weighted by Crippen LogP contribution is -2.68. The summed E-state index contributed by atoms with van der Waals surface area (Å²) in [5.74, 6) is -5.32. The van der Waals surface area contributed by atoms with E-state index in [0.717, 1.165) is 18.2 Å². The van der Waals surface area contributed by atoms with Crippen molar-refractivity contribution in [1.82, 2.24) is 30.8 Å². The molecule has 2 bridgehead atoms. The molecule has 0 radical (unpaired) electrons. The van der Waals surface area contributed by atoms with Crippen molar-refractivity contribution in [2.45, 2.75) is 56.0 Å². The summed E-state index contributed by atoms with van der Waals surface area (Å²) in [5.41, 5.74) is 1.15. The van der Waals surface area contributed by atoms with Crippen LogP contribution in [0.2, 0.25) is 0 Å². The van der Waals surface area contributed by atoms with Crippen molar-refractivity contribution < 1.29 is 27.5 Å². The summed E-state index contributed by atoms with van der Waals surface area (Å²) in [6.07, 6.45) is 2.79. The van der Waals surface area contributed by atoms with E-state index in [1.807, 2.05) is 7.05 Å². The average molecular weight is 501 g/mol. The molecule has 3 aliphatic heterocycles. The van der Waals surface area contributed by atoms with Gasteiger partial charge in [0, 0.05) is 41.5 Å². The zero-order valence-corrected chi connectivity index (χ0v) is 18.9. The molecule has 2 aromatic heterocycles. The number of pyridine rings is 1. The number of hydrogen-bond acceptors (Lipinski definition) is 7. The molecule has 3 saturated heterocycles. The van der Waals surface area contributed by atoms with Gasteiger partial charge in [-0.2, -0.15) is 13.2 Å². The minimum Gasteiger partial charge on any atom is -0.399 e. The van der Waals surface area contributed by atoms with E-state index in [1.165, 1.54) is 6.08 Å². The van der Waals surface area contributed by atoms with Crippen LogP contribution in [-0.2, 0) is 14.3 Å². The van der Waals surface area contributed by atoms with Gasteiger partial charge < -0.3 is 19.9 Å². The lowest BCUT2D eigenvalue weighted by atomic mass is 9.98. The van der Waals surface area contributed by atoms with Gasteiger partial charge >= 0.3 is 18.1 Å². The minimum absolute atomic E-state index is 0. The van der Waals surface area contributed by atoms with Gasteiger partial charge in [-0.15, -0.1) is 12.4 Å². The molecule has 0 aliphatic carbocycles. The molecule has 13 heteroatoms. The van der Waals surface area contributed by atoms with Crippen LogP contribution in [-0.4, -0.2) is 64.1 Å². The highest BCUT2D eigenvalue weighted by Crippen LogP contribution is 2.35. The number of hydrogen-bond donors (Lipinski definition) is 4. The zero-order valence-electron chi connectivity index (χ0n) is 18.1. The molecular weight excluding hydrogens is 477 g/mol. The molecule has 0 aromatic carbocycles. The Labute approximate surface area is 198 Å². The second-order valence-electron chi connectivity index (χ2n) is 8.71. The molecule has 3 aliphatic rings. The summed E-state index contributed by atoms with van der Waals surface area (Å²) >= 11 is 0. The van der Waals surface area contributed by atoms with Crippen molar-refractivity contribution in [2.24, 2.45) is 0 Å². The first-order chi connectivity index (χ1) is 15.6. The van der Waals surface area contributed by atoms with E-state index >= 15 is 0 Å². The molecule has 4 atom stereocenters. The Kier molecular flexibility index (Phi) is 6.25. The predicted octanol–water partition coefficient (Wildman–Crippen LogP) is 1.98. The van der Waals surface area contributed by atoms with Crippen LogP contribution >= 0.6 is 12.4 Å². The summed E-state index contributed by atoms with van der Waals surface area (Å²) in [6.45, 7) is 0. The van der Waals surface area contributed by atoms with Crippen molar-refractivity contribution in [3.63, 3.8) is 0 Å². The van der Waals surface area contributed by atoms with Gasteiger partial charge in [-0.1, -0.05) is 0 Å². The molecule has 9 nitrogen and oxygen atoms in total. The number of fused-ring (bicyclic) bond motifs is 3. The molecule has 34 heavy (non-hydrogen) atoms. The third-order valence-corrected chi connectivity index (χ3v) is 6.61. The molecule has 5 heterocycles. The van der Waals surface area contributed by atoms with Gasteiger partial charge in [-0.25, -0.2) is 15.1 Å². The molecule has 1 amide bonds. The largest absolute Gasteiger partial charge is 0.491 e. The molecule has 184 valence electrons. The Hall–Kier alpha value is -2.83. The van der Waals surface area contributed by atoms with Crippen LogP contribution in [0, 0.1) is 0 Å². The van der Waals surface area contributed by atoms with Crippen molar-refractivity contribution in [3.8, 4) is 0 Å². The standard InChI is InChI=1S/C21H23F3N6O3.ClH/c1-30-13-4-5-14(30)9-12(8-13)27-21(33-19(32)20(22,23)24)28-16(18(31)29-21)7-11-10-26-17-15(11)3-2-6-25-17;/h2-3,6-7,10,12-14,27-28H,4-5,8-9H2,1H3,(H,25,26)(H,29,31);1H/t12?,13-,14+,21?;. The van der Waals surface area contributed by atoms with Gasteiger partial charge in [-0.05, 0) is 50.9 Å². The first-order valence-corrected chi connectivity index (χ1v) is 10.7. The Bertz CT molecular complexity index is 1120. The van der Waals surface area contributed by atoms with E-state index in [4.69, 9.17) is 4.74 Å². The number of H-pyrrole nitrogens is 1. The van der Waals surface area contributed by atoms with Gasteiger partial charge in [0.15, 0.2) is 0 Å². The zero-order chi connectivity index (χ0) is 23.4. The number of aromatic amines is 1. The molecule has 3 fully saturated rings. The number of carbonyl (C=O) groups excluding carboxylic acids is 2. The number of ether oxygens (including phenoxy) is 1. The summed E-state index contributed by atoms with van der Waals surface area (Å²) in [6, 6.07) is 3.82. The van der Waals surface area contributed by atoms with Gasteiger partial charge in [0.25, 0.3) is 5.91 Å². The highest BCUT2D eigenvalue weighted by Gasteiger charge is 2.53. The van der Waals surface area contributed by atoms with Crippen molar-refractivity contribution >= 4 is 41.4 Å². The van der Waals surface area contributed by atoms with Crippen molar-refractivity contribution in [2.75, 3.05) is 7.05 Å². The quantitative estimate of drug-likeness (QED) is 0.288. The Morgan fingerprint density at radius 3 is 2.68 bits per heavy atom. The Balaban J connectivity index is 0.00000274. The summed E-state index contributed by atoms with van der Waals surface area (Å²) in [7, 11) is 2.03. The number of esters is 1. The lowest BCUT2D eigenvalue weighted by molar-refractivity contribution is -0.222. The Morgan fingerprint density at radius 2 is 2.00 bits per heavy atom. The summed E-state index contributed by atoms with van der Waals surface area (Å²) in [5, 5.41) is 8.73. The fourth-order valence-electron chi connectivity index (χ4n) is 5.02. The average Bonchev–Trinajstić information content (AvgIpc) is 3.34. The van der Waals surface area contributed by atoms with Gasteiger partial charge in [0.1, 0.15) is 11.3 Å². The van der Waals surface area contributed by atoms with Gasteiger partial charge in [0.2, 0.25) is 0 Å². The first-order valence-electron chi connectivity index (χ1n) is 10.7. The SMILES string of the molecule is CN1[C@@H]2CC[C@H]1CC(NC1(OC(=O)C(F)(F)F)NC(=O)C(=Cc3c[nH]c4ncccc34)N1)C2.Cl. The van der Waals surface area contributed by atoms with E-state index < -0.39 is 24.0 Å². The number of amides is 1. The van der Waals surface area contributed by atoms with Gasteiger partial charge in [-0.3, -0.25) is 10.1 Å². The molecule has 4 N–H and O–H groups in total. The number of carbonyl (C=O) groups is 2. The normalized spacial score (nSPS) is 30.2. The molecule has 2 aromatic rings. The number of halogens is 4. The molecule has 2 unspecified atom stereocenters. The molecule has 0 saturated carbocycles. The number of rotatable bonds is 4. The first kappa shape index (κ1) is 24.3. The topological polar surface area (TPSA) is 111 Å². The van der Waals surface area contributed by atoms with E-state index in [2.05, 4.69) is 30.8 Å². The predicted molar refractivity (Wildman–Crippen MR) is 118 cm³/mol. The monoisotopic (exact) mass is 500 g/mol. The minimum atomic E-state index is -5.22. The maximum absolute atomic E-state index is 13.0. The van der Waals surface area contributed by atoms with Crippen LogP contribution in [0.5, 0.6) is 0 Å². The van der Waals surface area contributed by atoms with Crippen LogP contribution in [0.15, 0.2) is 30.2 Å². The van der Waals surface area contributed by atoms with E-state index in [0.29, 0.717) is 24.1 Å². The number of piperidine rings is 1. The van der Waals surface area contributed by atoms with Crippen LogP contribution in [0.1, 0.15) is 31.2 Å². The van der Waals surface area contributed by atoms with Crippen LogP contribution in [0.4, 0.5) is 13.2 Å². The third-order valence-electron chi connectivity index (χ3n) is 6.61. The van der Waals surface area contributed by atoms with Gasteiger partial charge in [0.05, 0.1) is 0 Å². The van der Waals surface area contributed by atoms with Crippen LogP contribution in [0.3, 0.4) is 0 Å². The second kappa shape index (κ2) is 8.75. The van der Waals surface area contributed by atoms with E-state index in [1.54, 1.807) is 24.5 Å². The molecule has 0 spiro atoms.